The van der Waals surface area contributed by atoms with Gasteiger partial charge in [0.2, 0.25) is 0 Å². The normalized spacial score (nSPS) is 12.2. The Bertz CT molecular complexity index is 417. The number of carboxylic acid groups (broad SMARTS) is 1. The molecule has 1 heterocycles. The maximum atomic E-state index is 12.1. The number of carboxylic acids is 1. The fourth-order valence-electron chi connectivity index (χ4n) is 1.66. The molecule has 0 aromatic carbocycles. The lowest BCUT2D eigenvalue weighted by Gasteiger charge is -2.28. The summed E-state index contributed by atoms with van der Waals surface area (Å²) < 4.78 is 0. The van der Waals surface area contributed by atoms with E-state index >= 15 is 0 Å². The molecule has 1 aromatic heterocycles. The number of nitrogens with one attached hydrogen (secondary N) is 2. The van der Waals surface area contributed by atoms with Crippen molar-refractivity contribution in [3.8, 4) is 0 Å². The molecule has 0 spiro atoms. The predicted molar refractivity (Wildman–Crippen MR) is 69.6 cm³/mol. The molecule has 0 aliphatic carbocycles. The van der Waals surface area contributed by atoms with Crippen LogP contribution in [-0.4, -0.2) is 44.8 Å². The minimum atomic E-state index is -0.915. The summed E-state index contributed by atoms with van der Waals surface area (Å²) in [5.41, 5.74) is 0.871. The fourth-order valence-corrected chi connectivity index (χ4v) is 1.66. The third-order valence-corrected chi connectivity index (χ3v) is 2.81. The Morgan fingerprint density at radius 1 is 1.47 bits per heavy atom. The van der Waals surface area contributed by atoms with E-state index in [1.807, 2.05) is 20.8 Å². The Kier molecular flexibility index (Phi) is 5.35. The number of hydrogen-bond acceptors (Lipinski definition) is 3. The number of aromatic nitrogens is 2. The monoisotopic (exact) mass is 268 g/mol. The number of amides is 2. The second kappa shape index (κ2) is 6.77. The van der Waals surface area contributed by atoms with Crippen LogP contribution in [-0.2, 0) is 4.79 Å². The molecule has 19 heavy (non-hydrogen) atoms. The van der Waals surface area contributed by atoms with Crippen molar-refractivity contribution in [2.75, 3.05) is 6.54 Å². The van der Waals surface area contributed by atoms with Crippen LogP contribution in [0.4, 0.5) is 4.79 Å². The third kappa shape index (κ3) is 4.61. The molecule has 7 nitrogen and oxygen atoms in total. The van der Waals surface area contributed by atoms with E-state index in [0.717, 1.165) is 5.56 Å². The Morgan fingerprint density at radius 3 is 2.63 bits per heavy atom. The molecule has 3 N–H and O–H groups in total. The molecule has 0 saturated heterocycles. The zero-order chi connectivity index (χ0) is 14.4. The summed E-state index contributed by atoms with van der Waals surface area (Å²) in [5, 5.41) is 18.0. The van der Waals surface area contributed by atoms with E-state index < -0.39 is 5.97 Å². The zero-order valence-corrected chi connectivity index (χ0v) is 11.4. The van der Waals surface area contributed by atoms with E-state index in [1.54, 1.807) is 12.4 Å². The standard InChI is InChI=1S/C12H20N4O3/c1-8(2)16(5-4-11(17)18)12(19)15-9(3)10-6-13-14-7-10/h6-9H,4-5H2,1-3H3,(H,13,14)(H,15,19)(H,17,18). The van der Waals surface area contributed by atoms with E-state index in [0.29, 0.717) is 0 Å². The SMILES string of the molecule is CC(NC(=O)N(CCC(=O)O)C(C)C)c1cn[nH]c1. The zero-order valence-electron chi connectivity index (χ0n) is 11.4. The number of aliphatic carboxylic acids is 1. The van der Waals surface area contributed by atoms with Crippen LogP contribution < -0.4 is 5.32 Å². The first-order chi connectivity index (χ1) is 8.91. The maximum absolute atomic E-state index is 12.1. The van der Waals surface area contributed by atoms with Gasteiger partial charge in [0.1, 0.15) is 0 Å². The minimum Gasteiger partial charge on any atom is -0.481 e. The molecule has 0 radical (unpaired) electrons. The van der Waals surface area contributed by atoms with Crippen molar-refractivity contribution in [3.05, 3.63) is 18.0 Å². The van der Waals surface area contributed by atoms with Crippen molar-refractivity contribution < 1.29 is 14.7 Å². The van der Waals surface area contributed by atoms with Crippen molar-refractivity contribution in [1.29, 1.82) is 0 Å². The number of hydrogen-bond donors (Lipinski definition) is 3. The van der Waals surface area contributed by atoms with E-state index in [9.17, 15) is 9.59 Å². The van der Waals surface area contributed by atoms with Gasteiger partial charge in [0, 0.05) is 24.3 Å². The summed E-state index contributed by atoms with van der Waals surface area (Å²) in [5.74, 6) is -0.915. The maximum Gasteiger partial charge on any atom is 0.318 e. The first kappa shape index (κ1) is 15.0. The Morgan fingerprint density at radius 2 is 2.16 bits per heavy atom. The molecule has 0 aliphatic rings. The quantitative estimate of drug-likeness (QED) is 0.725. The summed E-state index contributed by atoms with van der Waals surface area (Å²) in [6.07, 6.45) is 3.29. The van der Waals surface area contributed by atoms with Gasteiger partial charge in [-0.2, -0.15) is 5.10 Å². The number of carbonyl (C=O) groups is 2. The minimum absolute atomic E-state index is 0.0594. The molecular formula is C12H20N4O3. The highest BCUT2D eigenvalue weighted by Crippen LogP contribution is 2.11. The second-order valence-corrected chi connectivity index (χ2v) is 4.63. The van der Waals surface area contributed by atoms with Crippen molar-refractivity contribution in [2.45, 2.75) is 39.3 Å². The van der Waals surface area contributed by atoms with Crippen LogP contribution in [0.2, 0.25) is 0 Å². The Labute approximate surface area is 112 Å². The molecule has 0 saturated carbocycles. The van der Waals surface area contributed by atoms with Gasteiger partial charge in [-0.3, -0.25) is 9.89 Å². The summed E-state index contributed by atoms with van der Waals surface area (Å²) in [7, 11) is 0. The highest BCUT2D eigenvalue weighted by molar-refractivity contribution is 5.76. The van der Waals surface area contributed by atoms with Gasteiger partial charge in [-0.1, -0.05) is 0 Å². The van der Waals surface area contributed by atoms with Crippen molar-refractivity contribution in [1.82, 2.24) is 20.4 Å². The first-order valence-electron chi connectivity index (χ1n) is 6.19. The second-order valence-electron chi connectivity index (χ2n) is 4.63. The van der Waals surface area contributed by atoms with Gasteiger partial charge in [-0.15, -0.1) is 0 Å². The molecule has 1 unspecified atom stereocenters. The smallest absolute Gasteiger partial charge is 0.318 e. The summed E-state index contributed by atoms with van der Waals surface area (Å²) in [6.45, 7) is 5.74. The number of nitrogens with zero attached hydrogens (tertiary/aromatic N) is 2. The van der Waals surface area contributed by atoms with Crippen LogP contribution in [0.1, 0.15) is 38.8 Å². The van der Waals surface area contributed by atoms with Crippen LogP contribution in [0.5, 0.6) is 0 Å². The number of carbonyl (C=O) groups excluding carboxylic acids is 1. The van der Waals surface area contributed by atoms with Crippen LogP contribution in [0.15, 0.2) is 12.4 Å². The summed E-state index contributed by atoms with van der Waals surface area (Å²) in [6, 6.07) is -0.516. The number of urea groups is 1. The van der Waals surface area contributed by atoms with Gasteiger partial charge >= 0.3 is 12.0 Å². The summed E-state index contributed by atoms with van der Waals surface area (Å²) in [4.78, 5) is 24.2. The average Bonchev–Trinajstić information content (AvgIpc) is 2.81. The van der Waals surface area contributed by atoms with E-state index in [-0.39, 0.29) is 31.1 Å². The van der Waals surface area contributed by atoms with Gasteiger partial charge < -0.3 is 15.3 Å². The number of rotatable bonds is 6. The average molecular weight is 268 g/mol. The Balaban J connectivity index is 2.59. The van der Waals surface area contributed by atoms with Crippen LogP contribution in [0.3, 0.4) is 0 Å². The van der Waals surface area contributed by atoms with Crippen LogP contribution >= 0.6 is 0 Å². The molecule has 7 heteroatoms. The molecule has 0 bridgehead atoms. The molecule has 106 valence electrons. The van der Waals surface area contributed by atoms with Gasteiger partial charge in [0.05, 0.1) is 18.7 Å². The van der Waals surface area contributed by atoms with Crippen molar-refractivity contribution in [3.63, 3.8) is 0 Å². The van der Waals surface area contributed by atoms with E-state index in [2.05, 4.69) is 15.5 Å². The highest BCUT2D eigenvalue weighted by atomic mass is 16.4. The lowest BCUT2D eigenvalue weighted by atomic mass is 10.2. The molecule has 1 aromatic rings. The van der Waals surface area contributed by atoms with Gasteiger partial charge in [-0.05, 0) is 20.8 Å². The predicted octanol–water partition coefficient (Wildman–Crippen LogP) is 1.37. The van der Waals surface area contributed by atoms with E-state index in [1.165, 1.54) is 4.90 Å². The van der Waals surface area contributed by atoms with Crippen LogP contribution in [0.25, 0.3) is 0 Å². The molecule has 0 aliphatic heterocycles. The van der Waals surface area contributed by atoms with Gasteiger partial charge in [-0.25, -0.2) is 4.79 Å². The topological polar surface area (TPSA) is 98.3 Å². The van der Waals surface area contributed by atoms with Crippen molar-refractivity contribution >= 4 is 12.0 Å². The van der Waals surface area contributed by atoms with E-state index in [4.69, 9.17) is 5.11 Å². The van der Waals surface area contributed by atoms with Gasteiger partial charge in [0.15, 0.2) is 0 Å². The Hall–Kier alpha value is -2.05. The largest absolute Gasteiger partial charge is 0.481 e. The molecular weight excluding hydrogens is 248 g/mol. The number of H-pyrrole nitrogens is 1. The first-order valence-corrected chi connectivity index (χ1v) is 6.19. The molecule has 1 atom stereocenters. The third-order valence-electron chi connectivity index (χ3n) is 2.81. The lowest BCUT2D eigenvalue weighted by molar-refractivity contribution is -0.137. The molecule has 0 fully saturated rings. The fraction of sp³-hybridized carbons (Fsp3) is 0.583. The van der Waals surface area contributed by atoms with Crippen molar-refractivity contribution in [2.24, 2.45) is 0 Å². The highest BCUT2D eigenvalue weighted by Gasteiger charge is 2.20. The molecule has 2 amide bonds. The van der Waals surface area contributed by atoms with Gasteiger partial charge in [0.25, 0.3) is 0 Å². The summed E-state index contributed by atoms with van der Waals surface area (Å²) >= 11 is 0. The molecule has 1 rings (SSSR count). The lowest BCUT2D eigenvalue weighted by Crippen LogP contribution is -2.45. The van der Waals surface area contributed by atoms with Crippen LogP contribution in [0, 0.1) is 0 Å². The number of aromatic amines is 1.